The molecule has 0 fully saturated rings. The Morgan fingerprint density at radius 3 is 2.74 bits per heavy atom. The number of hydrogen-bond acceptors (Lipinski definition) is 5. The third-order valence-corrected chi connectivity index (χ3v) is 3.53. The topological polar surface area (TPSA) is 89.3 Å². The van der Waals surface area contributed by atoms with Gasteiger partial charge in [0.05, 0.1) is 12.7 Å². The minimum Gasteiger partial charge on any atom is -0.497 e. The Morgan fingerprint density at radius 1 is 1.26 bits per heavy atom. The van der Waals surface area contributed by atoms with Crippen molar-refractivity contribution in [2.45, 2.75) is 6.42 Å². The van der Waals surface area contributed by atoms with E-state index in [9.17, 15) is 4.79 Å². The largest absolute Gasteiger partial charge is 0.497 e. The molecule has 0 amide bonds. The Bertz CT molecular complexity index is 827. The van der Waals surface area contributed by atoms with Crippen LogP contribution in [0.2, 0.25) is 0 Å². The van der Waals surface area contributed by atoms with Gasteiger partial charge in [0.1, 0.15) is 16.8 Å². The Labute approximate surface area is 132 Å². The monoisotopic (exact) mass is 312 g/mol. The lowest BCUT2D eigenvalue weighted by atomic mass is 10.1. The van der Waals surface area contributed by atoms with E-state index in [1.165, 1.54) is 17.7 Å². The fourth-order valence-corrected chi connectivity index (χ4v) is 2.27. The Kier molecular flexibility index (Phi) is 4.09. The van der Waals surface area contributed by atoms with E-state index < -0.39 is 5.97 Å². The molecule has 0 aliphatic rings. The zero-order valence-corrected chi connectivity index (χ0v) is 12.6. The lowest BCUT2D eigenvalue weighted by Crippen LogP contribution is -2.19. The Hall–Kier alpha value is -3.09. The van der Waals surface area contributed by atoms with Crippen LogP contribution in [0, 0.1) is 0 Å². The molecule has 0 aliphatic carbocycles. The second-order valence-corrected chi connectivity index (χ2v) is 5.02. The SMILES string of the molecule is COc1ccc(CCNn2nnc3cc(C(=O)O)ccc32)cc1. The number of nitrogens with one attached hydrogen (secondary N) is 1. The molecule has 3 rings (SSSR count). The number of rotatable bonds is 6. The highest BCUT2D eigenvalue weighted by Crippen LogP contribution is 2.13. The molecular formula is C16H16N4O3. The number of methoxy groups -OCH3 is 1. The summed E-state index contributed by atoms with van der Waals surface area (Å²) in [6, 6.07) is 12.6. The first kappa shape index (κ1) is 14.8. The smallest absolute Gasteiger partial charge is 0.335 e. The number of carboxylic acid groups (broad SMARTS) is 1. The molecule has 0 bridgehead atoms. The number of hydrogen-bond donors (Lipinski definition) is 2. The zero-order valence-electron chi connectivity index (χ0n) is 12.6. The average Bonchev–Trinajstić information content (AvgIpc) is 2.98. The van der Waals surface area contributed by atoms with Crippen LogP contribution in [0.3, 0.4) is 0 Å². The molecular weight excluding hydrogens is 296 g/mol. The van der Waals surface area contributed by atoms with Gasteiger partial charge < -0.3 is 15.3 Å². The molecule has 2 aromatic carbocycles. The van der Waals surface area contributed by atoms with Crippen LogP contribution in [0.4, 0.5) is 0 Å². The lowest BCUT2D eigenvalue weighted by Gasteiger charge is -2.07. The molecule has 0 spiro atoms. The van der Waals surface area contributed by atoms with Gasteiger partial charge in [0.15, 0.2) is 0 Å². The van der Waals surface area contributed by atoms with Gasteiger partial charge in [-0.25, -0.2) is 4.79 Å². The maximum absolute atomic E-state index is 10.9. The zero-order chi connectivity index (χ0) is 16.2. The molecule has 1 heterocycles. The molecule has 7 nitrogen and oxygen atoms in total. The maximum atomic E-state index is 10.9. The second kappa shape index (κ2) is 6.35. The summed E-state index contributed by atoms with van der Waals surface area (Å²) in [5.41, 5.74) is 5.82. The van der Waals surface area contributed by atoms with E-state index in [0.717, 1.165) is 17.7 Å². The molecule has 2 N–H and O–H groups in total. The summed E-state index contributed by atoms with van der Waals surface area (Å²) in [5.74, 6) is -0.146. The van der Waals surface area contributed by atoms with Crippen LogP contribution in [0.5, 0.6) is 5.75 Å². The second-order valence-electron chi connectivity index (χ2n) is 5.02. The predicted molar refractivity (Wildman–Crippen MR) is 85.4 cm³/mol. The lowest BCUT2D eigenvalue weighted by molar-refractivity contribution is 0.0697. The van der Waals surface area contributed by atoms with Crippen LogP contribution in [0.1, 0.15) is 15.9 Å². The van der Waals surface area contributed by atoms with Crippen LogP contribution >= 0.6 is 0 Å². The highest BCUT2D eigenvalue weighted by Gasteiger charge is 2.08. The molecule has 0 radical (unpaired) electrons. The van der Waals surface area contributed by atoms with Gasteiger partial charge >= 0.3 is 5.97 Å². The average molecular weight is 312 g/mol. The number of benzene rings is 2. The predicted octanol–water partition coefficient (Wildman–Crippen LogP) is 1.92. The maximum Gasteiger partial charge on any atom is 0.335 e. The van der Waals surface area contributed by atoms with Crippen molar-refractivity contribution in [3.05, 3.63) is 53.6 Å². The summed E-state index contributed by atoms with van der Waals surface area (Å²) in [4.78, 5) is 12.5. The van der Waals surface area contributed by atoms with E-state index in [4.69, 9.17) is 9.84 Å². The van der Waals surface area contributed by atoms with Gasteiger partial charge in [0.25, 0.3) is 0 Å². The summed E-state index contributed by atoms with van der Waals surface area (Å²) in [7, 11) is 1.64. The van der Waals surface area contributed by atoms with Crippen molar-refractivity contribution >= 4 is 17.0 Å². The van der Waals surface area contributed by atoms with Crippen LogP contribution in [-0.4, -0.2) is 39.8 Å². The van der Waals surface area contributed by atoms with E-state index in [2.05, 4.69) is 15.7 Å². The first-order valence-electron chi connectivity index (χ1n) is 7.13. The van der Waals surface area contributed by atoms with Gasteiger partial charge in [-0.1, -0.05) is 12.1 Å². The van der Waals surface area contributed by atoms with Crippen molar-refractivity contribution in [3.8, 4) is 5.75 Å². The highest BCUT2D eigenvalue weighted by molar-refractivity contribution is 5.92. The van der Waals surface area contributed by atoms with E-state index >= 15 is 0 Å². The van der Waals surface area contributed by atoms with Crippen LogP contribution < -0.4 is 10.2 Å². The van der Waals surface area contributed by atoms with Gasteiger partial charge in [-0.15, -0.1) is 5.10 Å². The summed E-state index contributed by atoms with van der Waals surface area (Å²) in [6.45, 7) is 0.672. The summed E-state index contributed by atoms with van der Waals surface area (Å²) in [5, 5.41) is 17.0. The number of carboxylic acids is 1. The third-order valence-electron chi connectivity index (χ3n) is 3.53. The summed E-state index contributed by atoms with van der Waals surface area (Å²) >= 11 is 0. The quantitative estimate of drug-likeness (QED) is 0.723. The minimum atomic E-state index is -0.978. The number of fused-ring (bicyclic) bond motifs is 1. The van der Waals surface area contributed by atoms with E-state index in [1.54, 1.807) is 18.0 Å². The first-order valence-corrected chi connectivity index (χ1v) is 7.13. The molecule has 0 atom stereocenters. The normalized spacial score (nSPS) is 10.7. The Morgan fingerprint density at radius 2 is 2.04 bits per heavy atom. The van der Waals surface area contributed by atoms with Gasteiger partial charge in [0, 0.05) is 6.54 Å². The molecule has 0 aliphatic heterocycles. The number of aromatic carboxylic acids is 1. The number of ether oxygens (including phenoxy) is 1. The van der Waals surface area contributed by atoms with Crippen molar-refractivity contribution in [2.75, 3.05) is 19.1 Å². The van der Waals surface area contributed by atoms with Gasteiger partial charge in [-0.3, -0.25) is 0 Å². The highest BCUT2D eigenvalue weighted by atomic mass is 16.5. The van der Waals surface area contributed by atoms with Gasteiger partial charge in [0.2, 0.25) is 0 Å². The number of nitrogens with zero attached hydrogens (tertiary/aromatic N) is 3. The molecule has 3 aromatic rings. The van der Waals surface area contributed by atoms with E-state index in [-0.39, 0.29) is 5.56 Å². The van der Waals surface area contributed by atoms with Crippen LogP contribution in [-0.2, 0) is 6.42 Å². The van der Waals surface area contributed by atoms with Crippen LogP contribution in [0.25, 0.3) is 11.0 Å². The molecule has 1 aromatic heterocycles. The molecule has 7 heteroatoms. The fraction of sp³-hybridized carbons (Fsp3) is 0.188. The van der Waals surface area contributed by atoms with E-state index in [0.29, 0.717) is 12.1 Å². The van der Waals surface area contributed by atoms with Crippen molar-refractivity contribution < 1.29 is 14.6 Å². The molecule has 0 unspecified atom stereocenters. The van der Waals surface area contributed by atoms with Crippen molar-refractivity contribution in [1.82, 2.24) is 15.1 Å². The van der Waals surface area contributed by atoms with Gasteiger partial charge in [-0.2, -0.15) is 4.79 Å². The Balaban J connectivity index is 1.66. The third kappa shape index (κ3) is 3.23. The van der Waals surface area contributed by atoms with E-state index in [1.807, 2.05) is 24.3 Å². The summed E-state index contributed by atoms with van der Waals surface area (Å²) in [6.07, 6.45) is 0.818. The van der Waals surface area contributed by atoms with Crippen molar-refractivity contribution in [1.29, 1.82) is 0 Å². The van der Waals surface area contributed by atoms with Crippen molar-refractivity contribution in [3.63, 3.8) is 0 Å². The van der Waals surface area contributed by atoms with Crippen molar-refractivity contribution in [2.24, 2.45) is 0 Å². The standard InChI is InChI=1S/C16H16N4O3/c1-23-13-5-2-11(3-6-13)8-9-17-20-15-7-4-12(16(21)22)10-14(15)18-19-20/h2-7,10,17H,8-9H2,1H3,(H,21,22). The molecule has 23 heavy (non-hydrogen) atoms. The molecule has 0 saturated carbocycles. The molecule has 118 valence electrons. The fourth-order valence-electron chi connectivity index (χ4n) is 2.27. The number of carbonyl (C=O) groups is 1. The first-order chi connectivity index (χ1) is 11.2. The summed E-state index contributed by atoms with van der Waals surface area (Å²) < 4.78 is 5.13. The van der Waals surface area contributed by atoms with Gasteiger partial charge in [-0.05, 0) is 47.5 Å². The van der Waals surface area contributed by atoms with Crippen LogP contribution in [0.15, 0.2) is 42.5 Å². The number of aromatic nitrogens is 3. The molecule has 0 saturated heterocycles. The minimum absolute atomic E-state index is 0.197.